The van der Waals surface area contributed by atoms with Crippen molar-refractivity contribution in [2.45, 2.75) is 45.7 Å². The number of amides is 3. The summed E-state index contributed by atoms with van der Waals surface area (Å²) in [5, 5.41) is 4.83. The lowest BCUT2D eigenvalue weighted by Gasteiger charge is -2.21. The zero-order chi connectivity index (χ0) is 22.9. The summed E-state index contributed by atoms with van der Waals surface area (Å²) in [5.41, 5.74) is 2.47. The van der Waals surface area contributed by atoms with Crippen LogP contribution in [-0.2, 0) is 17.8 Å². The average Bonchev–Trinajstić information content (AvgIpc) is 3.44. The molecule has 0 saturated carbocycles. The van der Waals surface area contributed by atoms with Crippen molar-refractivity contribution in [2.24, 2.45) is 0 Å². The molecule has 3 aromatic rings. The van der Waals surface area contributed by atoms with Gasteiger partial charge in [0.1, 0.15) is 5.54 Å². The molecule has 2 aromatic heterocycles. The SMILES string of the molecule is Cc1cc(C(=O)CN2C(=O)N[C@@](C)(CCc3ccccc3)C2=O)c(C)n1Cc1cccs1. The van der Waals surface area contributed by atoms with Crippen LogP contribution in [0, 0.1) is 13.8 Å². The third kappa shape index (κ3) is 4.25. The highest BCUT2D eigenvalue weighted by molar-refractivity contribution is 7.09. The summed E-state index contributed by atoms with van der Waals surface area (Å²) >= 11 is 1.67. The van der Waals surface area contributed by atoms with E-state index in [4.69, 9.17) is 0 Å². The monoisotopic (exact) mass is 449 g/mol. The molecule has 0 unspecified atom stereocenters. The minimum Gasteiger partial charge on any atom is -0.343 e. The highest BCUT2D eigenvalue weighted by atomic mass is 32.1. The first-order valence-electron chi connectivity index (χ1n) is 10.7. The summed E-state index contributed by atoms with van der Waals surface area (Å²) in [6.45, 7) is 6.04. The van der Waals surface area contributed by atoms with E-state index in [1.165, 1.54) is 4.88 Å². The second kappa shape index (κ2) is 8.74. The highest BCUT2D eigenvalue weighted by Gasteiger charge is 2.48. The molecule has 0 bridgehead atoms. The first-order valence-corrected chi connectivity index (χ1v) is 11.6. The second-order valence-electron chi connectivity index (χ2n) is 8.51. The number of imide groups is 1. The summed E-state index contributed by atoms with van der Waals surface area (Å²) in [4.78, 5) is 41.0. The van der Waals surface area contributed by atoms with Gasteiger partial charge in [-0.25, -0.2) is 4.79 Å². The Morgan fingerprint density at radius 3 is 2.53 bits per heavy atom. The maximum atomic E-state index is 13.1. The lowest BCUT2D eigenvalue weighted by atomic mass is 9.93. The number of carbonyl (C=O) groups is 3. The molecule has 1 fully saturated rings. The van der Waals surface area contributed by atoms with Gasteiger partial charge in [-0.1, -0.05) is 36.4 Å². The smallest absolute Gasteiger partial charge is 0.325 e. The normalized spacial score (nSPS) is 18.3. The van der Waals surface area contributed by atoms with Gasteiger partial charge in [-0.2, -0.15) is 0 Å². The predicted molar refractivity (Wildman–Crippen MR) is 125 cm³/mol. The molecule has 4 rings (SSSR count). The molecule has 3 amide bonds. The molecule has 0 radical (unpaired) electrons. The summed E-state index contributed by atoms with van der Waals surface area (Å²) in [6.07, 6.45) is 1.14. The fourth-order valence-electron chi connectivity index (χ4n) is 4.21. The number of urea groups is 1. The molecule has 1 aliphatic rings. The van der Waals surface area contributed by atoms with Crippen molar-refractivity contribution >= 4 is 29.1 Å². The van der Waals surface area contributed by atoms with Gasteiger partial charge in [0.25, 0.3) is 5.91 Å². The zero-order valence-electron chi connectivity index (χ0n) is 18.6. The molecule has 0 aliphatic carbocycles. The van der Waals surface area contributed by atoms with E-state index >= 15 is 0 Å². The molecule has 1 aromatic carbocycles. The summed E-state index contributed by atoms with van der Waals surface area (Å²) in [6, 6.07) is 15.2. The topological polar surface area (TPSA) is 71.4 Å². The molecule has 1 atom stereocenters. The second-order valence-corrected chi connectivity index (χ2v) is 9.54. The number of hydrogen-bond donors (Lipinski definition) is 1. The highest BCUT2D eigenvalue weighted by Crippen LogP contribution is 2.25. The number of carbonyl (C=O) groups excluding carboxylic acids is 3. The van der Waals surface area contributed by atoms with E-state index in [1.54, 1.807) is 18.3 Å². The Balaban J connectivity index is 1.46. The average molecular weight is 450 g/mol. The maximum Gasteiger partial charge on any atom is 0.325 e. The zero-order valence-corrected chi connectivity index (χ0v) is 19.4. The maximum absolute atomic E-state index is 13.1. The summed E-state index contributed by atoms with van der Waals surface area (Å²) in [5.74, 6) is -0.578. The van der Waals surface area contributed by atoms with Gasteiger partial charge in [-0.05, 0) is 56.7 Å². The fourth-order valence-corrected chi connectivity index (χ4v) is 4.91. The van der Waals surface area contributed by atoms with E-state index in [1.807, 2.05) is 61.7 Å². The first kappa shape index (κ1) is 22.0. The van der Waals surface area contributed by atoms with E-state index in [0.29, 0.717) is 24.9 Å². The quantitative estimate of drug-likeness (QED) is 0.411. The number of aromatic nitrogens is 1. The molecule has 32 heavy (non-hydrogen) atoms. The molecular weight excluding hydrogens is 422 g/mol. The molecule has 6 nitrogen and oxygen atoms in total. The number of benzene rings is 1. The molecule has 3 heterocycles. The van der Waals surface area contributed by atoms with Gasteiger partial charge in [0.05, 0.1) is 13.1 Å². The minimum absolute atomic E-state index is 0.230. The molecule has 166 valence electrons. The van der Waals surface area contributed by atoms with Crippen LogP contribution in [0.15, 0.2) is 53.9 Å². The number of thiophene rings is 1. The van der Waals surface area contributed by atoms with Crippen LogP contribution >= 0.6 is 11.3 Å². The van der Waals surface area contributed by atoms with Crippen molar-refractivity contribution in [3.8, 4) is 0 Å². The van der Waals surface area contributed by atoms with Gasteiger partial charge < -0.3 is 9.88 Å². The standard InChI is InChI=1S/C25H27N3O3S/c1-17-14-21(18(2)27(17)15-20-10-7-13-32-20)22(29)16-28-23(30)25(3,26-24(28)31)12-11-19-8-5-4-6-9-19/h4-10,13-14H,11-12,15-16H2,1-3H3,(H,26,31)/t25-/m0/s1. The lowest BCUT2D eigenvalue weighted by molar-refractivity contribution is -0.130. The number of rotatable bonds is 8. The van der Waals surface area contributed by atoms with Crippen LogP contribution in [-0.4, -0.2) is 39.3 Å². The predicted octanol–water partition coefficient (Wildman–Crippen LogP) is 4.34. The van der Waals surface area contributed by atoms with Crippen LogP contribution in [0.25, 0.3) is 0 Å². The molecule has 1 N–H and O–H groups in total. The van der Waals surface area contributed by atoms with Crippen LogP contribution in [0.5, 0.6) is 0 Å². The van der Waals surface area contributed by atoms with Crippen molar-refractivity contribution in [1.82, 2.24) is 14.8 Å². The third-order valence-corrected chi connectivity index (χ3v) is 7.03. The number of Topliss-reactive ketones (excluding diaryl/α,β-unsaturated/α-hetero) is 1. The van der Waals surface area contributed by atoms with E-state index in [9.17, 15) is 14.4 Å². The number of hydrogen-bond acceptors (Lipinski definition) is 4. The van der Waals surface area contributed by atoms with Crippen molar-refractivity contribution < 1.29 is 14.4 Å². The van der Waals surface area contributed by atoms with Gasteiger partial charge in [0.2, 0.25) is 0 Å². The van der Waals surface area contributed by atoms with Gasteiger partial charge in [0, 0.05) is 21.8 Å². The Labute approximate surface area is 191 Å². The molecule has 1 aliphatic heterocycles. The Kier molecular flexibility index (Phi) is 6.02. The van der Waals surface area contributed by atoms with Crippen molar-refractivity contribution in [3.63, 3.8) is 0 Å². The van der Waals surface area contributed by atoms with Gasteiger partial charge in [-0.15, -0.1) is 11.3 Å². The minimum atomic E-state index is -1.01. The van der Waals surface area contributed by atoms with Crippen LogP contribution in [0.2, 0.25) is 0 Å². The Bertz CT molecular complexity index is 1150. The summed E-state index contributed by atoms with van der Waals surface area (Å²) in [7, 11) is 0. The van der Waals surface area contributed by atoms with Crippen molar-refractivity contribution in [2.75, 3.05) is 6.54 Å². The Morgan fingerprint density at radius 1 is 1.09 bits per heavy atom. The number of aryl methyl sites for hydroxylation is 2. The van der Waals surface area contributed by atoms with E-state index < -0.39 is 11.6 Å². The van der Waals surface area contributed by atoms with Crippen LogP contribution in [0.3, 0.4) is 0 Å². The molecular formula is C25H27N3O3S. The number of nitrogens with one attached hydrogen (secondary N) is 1. The van der Waals surface area contributed by atoms with Crippen LogP contribution in [0.4, 0.5) is 4.79 Å². The Hall–Kier alpha value is -3.19. The van der Waals surface area contributed by atoms with Crippen LogP contribution in [0.1, 0.15) is 45.5 Å². The van der Waals surface area contributed by atoms with Gasteiger partial charge in [0.15, 0.2) is 5.78 Å². The van der Waals surface area contributed by atoms with E-state index in [-0.39, 0.29) is 18.2 Å². The molecule has 1 saturated heterocycles. The Morgan fingerprint density at radius 2 is 1.84 bits per heavy atom. The molecule has 7 heteroatoms. The van der Waals surface area contributed by atoms with E-state index in [2.05, 4.69) is 16.0 Å². The summed E-state index contributed by atoms with van der Waals surface area (Å²) < 4.78 is 2.09. The lowest BCUT2D eigenvalue weighted by Crippen LogP contribution is -2.44. The largest absolute Gasteiger partial charge is 0.343 e. The fraction of sp³-hybridized carbons (Fsp3) is 0.320. The van der Waals surface area contributed by atoms with Gasteiger partial charge in [-0.3, -0.25) is 14.5 Å². The van der Waals surface area contributed by atoms with Crippen molar-refractivity contribution in [3.05, 3.63) is 81.3 Å². The number of nitrogens with zero attached hydrogens (tertiary/aromatic N) is 2. The first-order chi connectivity index (χ1) is 15.3. The van der Waals surface area contributed by atoms with Gasteiger partial charge >= 0.3 is 6.03 Å². The third-order valence-electron chi connectivity index (χ3n) is 6.17. The van der Waals surface area contributed by atoms with Crippen LogP contribution < -0.4 is 5.32 Å². The van der Waals surface area contributed by atoms with Crippen molar-refractivity contribution in [1.29, 1.82) is 0 Å². The van der Waals surface area contributed by atoms with E-state index in [0.717, 1.165) is 21.9 Å². The molecule has 0 spiro atoms. The number of ketones is 1.